The molecule has 0 radical (unpaired) electrons. The molecule has 0 N–H and O–H groups in total. The summed E-state index contributed by atoms with van der Waals surface area (Å²) in [6, 6.07) is 5.84. The monoisotopic (exact) mass is 307 g/mol. The average Bonchev–Trinajstić information content (AvgIpc) is 2.82. The first-order valence-corrected chi connectivity index (χ1v) is 7.81. The number of nitrogens with zero attached hydrogens (tertiary/aromatic N) is 3. The van der Waals surface area contributed by atoms with Crippen LogP contribution in [0.4, 0.5) is 0 Å². The zero-order valence-electron chi connectivity index (χ0n) is 13.1. The van der Waals surface area contributed by atoms with Crippen LogP contribution in [0.3, 0.4) is 0 Å². The second kappa shape index (κ2) is 6.48. The molecule has 1 atom stereocenters. The Hall–Kier alpha value is -1.55. The van der Waals surface area contributed by atoms with Crippen LogP contribution in [0, 0.1) is 6.92 Å². The molecular formula is C16H22ClN3O. The predicted molar refractivity (Wildman–Crippen MR) is 86.9 cm³/mol. The minimum Gasteiger partial charge on any atom is -0.344 e. The third-order valence-corrected chi connectivity index (χ3v) is 4.02. The number of aromatic nitrogens is 2. The second-order valence-electron chi connectivity index (χ2n) is 5.36. The Labute approximate surface area is 130 Å². The Balaban J connectivity index is 2.56. The van der Waals surface area contributed by atoms with E-state index in [0.717, 1.165) is 22.4 Å². The van der Waals surface area contributed by atoms with E-state index < -0.39 is 0 Å². The first kappa shape index (κ1) is 15.8. The van der Waals surface area contributed by atoms with Crippen molar-refractivity contribution in [3.8, 4) is 0 Å². The van der Waals surface area contributed by atoms with Crippen molar-refractivity contribution >= 4 is 28.5 Å². The molecule has 5 heteroatoms. The van der Waals surface area contributed by atoms with Crippen molar-refractivity contribution in [2.24, 2.45) is 0 Å². The lowest BCUT2D eigenvalue weighted by atomic mass is 10.2. The molecule has 2 rings (SSSR count). The molecule has 4 nitrogen and oxygen atoms in total. The van der Waals surface area contributed by atoms with Crippen molar-refractivity contribution < 1.29 is 4.79 Å². The van der Waals surface area contributed by atoms with E-state index in [-0.39, 0.29) is 11.9 Å². The van der Waals surface area contributed by atoms with Crippen molar-refractivity contribution in [3.05, 3.63) is 29.6 Å². The van der Waals surface area contributed by atoms with Gasteiger partial charge in [-0.1, -0.05) is 6.07 Å². The zero-order valence-corrected chi connectivity index (χ0v) is 13.8. The fraction of sp³-hybridized carbons (Fsp3) is 0.500. The molecule has 1 aromatic carbocycles. The number of amides is 1. The average molecular weight is 308 g/mol. The summed E-state index contributed by atoms with van der Waals surface area (Å²) in [5.74, 6) is 1.46. The van der Waals surface area contributed by atoms with Gasteiger partial charge in [0.05, 0.1) is 11.0 Å². The number of carbonyl (C=O) groups is 1. The summed E-state index contributed by atoms with van der Waals surface area (Å²) in [6.45, 7) is 6.64. The first-order chi connectivity index (χ1) is 9.99. The van der Waals surface area contributed by atoms with Gasteiger partial charge in [0.15, 0.2) is 0 Å². The maximum absolute atomic E-state index is 12.5. The van der Waals surface area contributed by atoms with E-state index in [9.17, 15) is 4.79 Å². The molecule has 0 saturated heterocycles. The van der Waals surface area contributed by atoms with Crippen LogP contribution in [0.15, 0.2) is 18.2 Å². The van der Waals surface area contributed by atoms with Crippen molar-refractivity contribution in [1.82, 2.24) is 14.5 Å². The van der Waals surface area contributed by atoms with E-state index in [1.807, 2.05) is 44.5 Å². The quantitative estimate of drug-likeness (QED) is 0.796. The molecule has 1 amide bonds. The molecule has 0 aliphatic heterocycles. The molecule has 2 aromatic rings. The highest BCUT2D eigenvalue weighted by atomic mass is 35.5. The van der Waals surface area contributed by atoms with Crippen molar-refractivity contribution in [2.45, 2.75) is 33.2 Å². The second-order valence-corrected chi connectivity index (χ2v) is 5.74. The summed E-state index contributed by atoms with van der Waals surface area (Å²) in [5, 5.41) is 0. The topological polar surface area (TPSA) is 38.1 Å². The normalized spacial score (nSPS) is 12.6. The number of carbonyl (C=O) groups excluding carboxylic acids is 1. The molecule has 0 saturated carbocycles. The van der Waals surface area contributed by atoms with E-state index in [4.69, 9.17) is 11.6 Å². The molecule has 21 heavy (non-hydrogen) atoms. The Morgan fingerprint density at radius 1 is 1.48 bits per heavy atom. The Morgan fingerprint density at radius 3 is 2.81 bits per heavy atom. The van der Waals surface area contributed by atoms with Crippen LogP contribution >= 0.6 is 11.6 Å². The third kappa shape index (κ3) is 3.05. The van der Waals surface area contributed by atoms with Gasteiger partial charge in [0, 0.05) is 25.9 Å². The van der Waals surface area contributed by atoms with Crippen LogP contribution < -0.4 is 0 Å². The first-order valence-electron chi connectivity index (χ1n) is 7.28. The maximum atomic E-state index is 12.5. The Morgan fingerprint density at radius 2 is 2.19 bits per heavy atom. The number of likely N-dealkylation sites (N-methyl/N-ethyl adjacent to an activating group) is 1. The number of hydrogen-bond acceptors (Lipinski definition) is 2. The lowest BCUT2D eigenvalue weighted by Gasteiger charge is -2.22. The summed E-state index contributed by atoms with van der Waals surface area (Å²) in [7, 11) is 1.82. The minimum absolute atomic E-state index is 0.0918. The lowest BCUT2D eigenvalue weighted by molar-refractivity contribution is -0.132. The van der Waals surface area contributed by atoms with Gasteiger partial charge in [0.1, 0.15) is 11.9 Å². The Bertz CT molecular complexity index is 650. The highest BCUT2D eigenvalue weighted by Crippen LogP contribution is 2.24. The molecule has 0 aliphatic rings. The van der Waals surface area contributed by atoms with Crippen molar-refractivity contribution in [2.75, 3.05) is 19.5 Å². The van der Waals surface area contributed by atoms with Gasteiger partial charge in [0.2, 0.25) is 5.91 Å². The molecular weight excluding hydrogens is 286 g/mol. The number of benzene rings is 1. The van der Waals surface area contributed by atoms with E-state index >= 15 is 0 Å². The SMILES string of the molecule is CCN(C)C(=O)C(C)n1c(CCCl)nc2ccc(C)cc21. The van der Waals surface area contributed by atoms with Crippen LogP contribution in [0.2, 0.25) is 0 Å². The van der Waals surface area contributed by atoms with Crippen LogP contribution in [0.1, 0.15) is 31.3 Å². The van der Waals surface area contributed by atoms with Gasteiger partial charge in [0.25, 0.3) is 0 Å². The molecule has 0 spiro atoms. The fourth-order valence-corrected chi connectivity index (χ4v) is 2.70. The Kier molecular flexibility index (Phi) is 4.88. The van der Waals surface area contributed by atoms with E-state index in [2.05, 4.69) is 11.1 Å². The number of imidazole rings is 1. The number of halogens is 1. The third-order valence-electron chi connectivity index (χ3n) is 3.83. The van der Waals surface area contributed by atoms with Gasteiger partial charge < -0.3 is 9.47 Å². The van der Waals surface area contributed by atoms with Gasteiger partial charge in [-0.2, -0.15) is 0 Å². The predicted octanol–water partition coefficient (Wildman–Crippen LogP) is 3.17. The number of hydrogen-bond donors (Lipinski definition) is 0. The largest absolute Gasteiger partial charge is 0.344 e. The molecule has 1 aromatic heterocycles. The van der Waals surface area contributed by atoms with Gasteiger partial charge in [-0.15, -0.1) is 11.6 Å². The molecule has 114 valence electrons. The minimum atomic E-state index is -0.278. The number of aryl methyl sites for hydroxylation is 2. The van der Waals surface area contributed by atoms with E-state index in [1.54, 1.807) is 4.90 Å². The van der Waals surface area contributed by atoms with Gasteiger partial charge in [-0.25, -0.2) is 4.98 Å². The molecule has 0 bridgehead atoms. The molecule has 1 unspecified atom stereocenters. The lowest BCUT2D eigenvalue weighted by Crippen LogP contribution is -2.33. The fourth-order valence-electron chi connectivity index (χ4n) is 2.53. The smallest absolute Gasteiger partial charge is 0.245 e. The van der Waals surface area contributed by atoms with Gasteiger partial charge in [-0.05, 0) is 38.5 Å². The summed E-state index contributed by atoms with van der Waals surface area (Å²) in [4.78, 5) is 18.9. The molecule has 0 aliphatic carbocycles. The van der Waals surface area contributed by atoms with Gasteiger partial charge >= 0.3 is 0 Å². The summed E-state index contributed by atoms with van der Waals surface area (Å²) in [5.41, 5.74) is 3.07. The van der Waals surface area contributed by atoms with Crippen LogP contribution in [0.25, 0.3) is 11.0 Å². The van der Waals surface area contributed by atoms with Crippen LogP contribution in [0.5, 0.6) is 0 Å². The highest BCUT2D eigenvalue weighted by molar-refractivity contribution is 6.17. The number of alkyl halides is 1. The maximum Gasteiger partial charge on any atom is 0.245 e. The zero-order chi connectivity index (χ0) is 15.6. The van der Waals surface area contributed by atoms with E-state index in [1.165, 1.54) is 0 Å². The molecule has 0 fully saturated rings. The highest BCUT2D eigenvalue weighted by Gasteiger charge is 2.23. The standard InChI is InChI=1S/C16H22ClN3O/c1-5-19(4)16(21)12(3)20-14-10-11(2)6-7-13(14)18-15(20)8-9-17/h6-7,10,12H,5,8-9H2,1-4H3. The summed E-state index contributed by atoms with van der Waals surface area (Å²) in [6.07, 6.45) is 0.655. The molecule has 1 heterocycles. The van der Waals surface area contributed by atoms with Crippen molar-refractivity contribution in [3.63, 3.8) is 0 Å². The number of fused-ring (bicyclic) bond motifs is 1. The van der Waals surface area contributed by atoms with Crippen LogP contribution in [-0.2, 0) is 11.2 Å². The summed E-state index contributed by atoms with van der Waals surface area (Å²) < 4.78 is 2.03. The van der Waals surface area contributed by atoms with Gasteiger partial charge in [-0.3, -0.25) is 4.79 Å². The number of rotatable bonds is 5. The summed E-state index contributed by atoms with van der Waals surface area (Å²) >= 11 is 5.89. The van der Waals surface area contributed by atoms with Crippen molar-refractivity contribution in [1.29, 1.82) is 0 Å². The van der Waals surface area contributed by atoms with E-state index in [0.29, 0.717) is 18.8 Å². The van der Waals surface area contributed by atoms with Crippen LogP contribution in [-0.4, -0.2) is 39.8 Å².